The van der Waals surface area contributed by atoms with Crippen molar-refractivity contribution < 1.29 is 14.3 Å². The average Bonchev–Trinajstić information content (AvgIpc) is 2.67. The van der Waals surface area contributed by atoms with Crippen LogP contribution in [-0.4, -0.2) is 32.1 Å². The molecule has 0 amide bonds. The predicted octanol–water partition coefficient (Wildman–Crippen LogP) is 4.53. The van der Waals surface area contributed by atoms with Gasteiger partial charge in [0.05, 0.1) is 0 Å². The van der Waals surface area contributed by atoms with Gasteiger partial charge in [0.1, 0.15) is 19.0 Å². The van der Waals surface area contributed by atoms with Crippen LogP contribution in [0.2, 0.25) is 0 Å². The van der Waals surface area contributed by atoms with Crippen molar-refractivity contribution in [2.75, 3.05) is 31.2 Å². The Kier molecular flexibility index (Phi) is 5.06. The van der Waals surface area contributed by atoms with Gasteiger partial charge in [-0.2, -0.15) is 0 Å². The third-order valence-corrected chi connectivity index (χ3v) is 5.68. The summed E-state index contributed by atoms with van der Waals surface area (Å²) in [5.41, 5.74) is 3.82. The molecule has 0 saturated carbocycles. The van der Waals surface area contributed by atoms with Gasteiger partial charge in [-0.3, -0.25) is 4.79 Å². The van der Waals surface area contributed by atoms with Crippen LogP contribution in [0.5, 0.6) is 11.5 Å². The van der Waals surface area contributed by atoms with E-state index in [9.17, 15) is 4.79 Å². The van der Waals surface area contributed by atoms with Crippen molar-refractivity contribution in [2.45, 2.75) is 38.5 Å². The lowest BCUT2D eigenvalue weighted by Gasteiger charge is -2.41. The Morgan fingerprint density at radius 2 is 1.78 bits per heavy atom. The molecule has 1 saturated heterocycles. The fourth-order valence-electron chi connectivity index (χ4n) is 3.83. The number of rotatable bonds is 6. The van der Waals surface area contributed by atoms with Gasteiger partial charge in [0, 0.05) is 43.6 Å². The van der Waals surface area contributed by atoms with Crippen LogP contribution in [0.3, 0.4) is 0 Å². The largest absolute Gasteiger partial charge is 0.486 e. The van der Waals surface area contributed by atoms with Crippen molar-refractivity contribution >= 4 is 11.5 Å². The van der Waals surface area contributed by atoms with Crippen LogP contribution in [-0.2, 0) is 4.79 Å². The molecule has 2 aliphatic rings. The molecule has 0 spiro atoms. The quantitative estimate of drug-likeness (QED) is 0.754. The Morgan fingerprint density at radius 1 is 1.07 bits per heavy atom. The van der Waals surface area contributed by atoms with E-state index in [1.165, 1.54) is 16.8 Å². The molecule has 0 aromatic heterocycles. The second-order valence-corrected chi connectivity index (χ2v) is 7.59. The van der Waals surface area contributed by atoms with E-state index >= 15 is 0 Å². The number of ketones is 1. The third-order valence-electron chi connectivity index (χ3n) is 5.68. The van der Waals surface area contributed by atoms with Crippen molar-refractivity contribution in [3.05, 3.63) is 53.6 Å². The molecule has 2 aliphatic heterocycles. The molecule has 4 rings (SSSR count). The van der Waals surface area contributed by atoms with Gasteiger partial charge in [0.25, 0.3) is 0 Å². The van der Waals surface area contributed by atoms with Crippen molar-refractivity contribution in [1.29, 1.82) is 0 Å². The van der Waals surface area contributed by atoms with Gasteiger partial charge in [0.2, 0.25) is 0 Å². The fourth-order valence-corrected chi connectivity index (χ4v) is 3.83. The van der Waals surface area contributed by atoms with Crippen LogP contribution in [0.4, 0.5) is 5.69 Å². The van der Waals surface area contributed by atoms with Gasteiger partial charge in [-0.15, -0.1) is 0 Å². The molecule has 0 bridgehead atoms. The number of fused-ring (bicyclic) bond motifs is 1. The molecule has 4 nitrogen and oxygen atoms in total. The van der Waals surface area contributed by atoms with E-state index in [0.717, 1.165) is 24.6 Å². The van der Waals surface area contributed by atoms with E-state index in [-0.39, 0.29) is 0 Å². The number of hydrogen-bond donors (Lipinski definition) is 0. The molecule has 2 aromatic rings. The molecule has 142 valence electrons. The van der Waals surface area contributed by atoms with Gasteiger partial charge < -0.3 is 14.4 Å². The number of anilines is 1. The summed E-state index contributed by atoms with van der Waals surface area (Å²) in [5.74, 6) is 2.87. The van der Waals surface area contributed by atoms with Crippen molar-refractivity contribution in [3.63, 3.8) is 0 Å². The first-order valence-electron chi connectivity index (χ1n) is 9.90. The van der Waals surface area contributed by atoms with Crippen LogP contribution < -0.4 is 14.4 Å². The number of ether oxygens (including phenoxy) is 2. The summed E-state index contributed by atoms with van der Waals surface area (Å²) < 4.78 is 11.3. The number of carbonyl (C=O) groups excluding carboxylic acids is 1. The topological polar surface area (TPSA) is 38.8 Å². The standard InChI is InChI=1S/C23H27NO3/c1-3-21(25)12-16(2)17-4-6-18(7-5-17)19-14-24(15-19)20-8-9-22-23(13-20)27-11-10-26-22/h4-9,13,16,19H,3,10-12,14-15H2,1-2H3/t16-/m1/s1. The summed E-state index contributed by atoms with van der Waals surface area (Å²) in [6, 6.07) is 15.0. The molecule has 27 heavy (non-hydrogen) atoms. The van der Waals surface area contributed by atoms with Crippen molar-refractivity contribution in [1.82, 2.24) is 0 Å². The number of hydrogen-bond acceptors (Lipinski definition) is 4. The zero-order valence-electron chi connectivity index (χ0n) is 16.1. The molecular formula is C23H27NO3. The van der Waals surface area contributed by atoms with E-state index in [1.807, 2.05) is 13.0 Å². The van der Waals surface area contributed by atoms with E-state index in [2.05, 4.69) is 48.2 Å². The zero-order valence-corrected chi connectivity index (χ0v) is 16.1. The summed E-state index contributed by atoms with van der Waals surface area (Å²) in [5, 5.41) is 0. The smallest absolute Gasteiger partial charge is 0.163 e. The number of Topliss-reactive ketones (excluding diaryl/α,β-unsaturated/α-hetero) is 1. The van der Waals surface area contributed by atoms with E-state index in [0.29, 0.717) is 43.7 Å². The lowest BCUT2D eigenvalue weighted by molar-refractivity contribution is -0.119. The third kappa shape index (κ3) is 3.80. The summed E-state index contributed by atoms with van der Waals surface area (Å²) in [6.07, 6.45) is 1.26. The molecule has 2 aromatic carbocycles. The highest BCUT2D eigenvalue weighted by molar-refractivity contribution is 5.78. The lowest BCUT2D eigenvalue weighted by atomic mass is 9.88. The first-order chi connectivity index (χ1) is 13.1. The molecular weight excluding hydrogens is 338 g/mol. The summed E-state index contributed by atoms with van der Waals surface area (Å²) in [6.45, 7) is 7.34. The minimum Gasteiger partial charge on any atom is -0.486 e. The maximum atomic E-state index is 11.7. The van der Waals surface area contributed by atoms with Crippen LogP contribution >= 0.6 is 0 Å². The first kappa shape index (κ1) is 17.9. The normalized spacial score (nSPS) is 17.3. The summed E-state index contributed by atoms with van der Waals surface area (Å²) in [7, 11) is 0. The summed E-state index contributed by atoms with van der Waals surface area (Å²) >= 11 is 0. The highest BCUT2D eigenvalue weighted by Gasteiger charge is 2.29. The number of nitrogens with zero attached hydrogens (tertiary/aromatic N) is 1. The van der Waals surface area contributed by atoms with Crippen LogP contribution in [0.15, 0.2) is 42.5 Å². The van der Waals surface area contributed by atoms with Crippen molar-refractivity contribution in [3.8, 4) is 11.5 Å². The minimum atomic E-state index is 0.294. The fraction of sp³-hybridized carbons (Fsp3) is 0.435. The van der Waals surface area contributed by atoms with Gasteiger partial charge in [0.15, 0.2) is 11.5 Å². The van der Waals surface area contributed by atoms with Gasteiger partial charge in [-0.25, -0.2) is 0 Å². The van der Waals surface area contributed by atoms with E-state index in [4.69, 9.17) is 9.47 Å². The predicted molar refractivity (Wildman–Crippen MR) is 107 cm³/mol. The Labute approximate surface area is 161 Å². The second kappa shape index (κ2) is 7.63. The number of benzene rings is 2. The average molecular weight is 365 g/mol. The Bertz CT molecular complexity index is 809. The van der Waals surface area contributed by atoms with Gasteiger partial charge >= 0.3 is 0 Å². The second-order valence-electron chi connectivity index (χ2n) is 7.59. The Balaban J connectivity index is 1.36. The lowest BCUT2D eigenvalue weighted by Crippen LogP contribution is -2.45. The molecule has 0 unspecified atom stereocenters. The van der Waals surface area contributed by atoms with Crippen LogP contribution in [0.1, 0.15) is 49.7 Å². The zero-order chi connectivity index (χ0) is 18.8. The summed E-state index contributed by atoms with van der Waals surface area (Å²) in [4.78, 5) is 14.0. The van der Waals surface area contributed by atoms with Gasteiger partial charge in [-0.1, -0.05) is 38.1 Å². The molecule has 2 heterocycles. The number of carbonyl (C=O) groups is 1. The first-order valence-corrected chi connectivity index (χ1v) is 9.90. The molecule has 0 N–H and O–H groups in total. The van der Waals surface area contributed by atoms with Gasteiger partial charge in [-0.05, 0) is 29.2 Å². The minimum absolute atomic E-state index is 0.294. The SMILES string of the molecule is CCC(=O)C[C@@H](C)c1ccc(C2CN(c3ccc4c(c3)OCCO4)C2)cc1. The molecule has 1 fully saturated rings. The van der Waals surface area contributed by atoms with E-state index < -0.39 is 0 Å². The highest BCUT2D eigenvalue weighted by atomic mass is 16.6. The molecule has 0 radical (unpaired) electrons. The molecule has 4 heteroatoms. The van der Waals surface area contributed by atoms with E-state index in [1.54, 1.807) is 0 Å². The highest BCUT2D eigenvalue weighted by Crippen LogP contribution is 2.38. The monoisotopic (exact) mass is 365 g/mol. The van der Waals surface area contributed by atoms with Crippen molar-refractivity contribution in [2.24, 2.45) is 0 Å². The molecule has 1 atom stereocenters. The Morgan fingerprint density at radius 3 is 2.48 bits per heavy atom. The maximum Gasteiger partial charge on any atom is 0.163 e. The maximum absolute atomic E-state index is 11.7. The Hall–Kier alpha value is -2.49. The molecule has 0 aliphatic carbocycles. The van der Waals surface area contributed by atoms with Crippen LogP contribution in [0, 0.1) is 0 Å². The van der Waals surface area contributed by atoms with Crippen LogP contribution in [0.25, 0.3) is 0 Å².